The Labute approximate surface area is 43.8 Å². The van der Waals surface area contributed by atoms with Crippen molar-refractivity contribution in [2.45, 2.75) is 19.3 Å². The average Bonchev–Trinajstić information content (AvgIpc) is 1.87. The molecule has 0 spiro atoms. The second-order valence-corrected chi connectivity index (χ2v) is 1.87. The van der Waals surface area contributed by atoms with E-state index in [1.165, 1.54) is 0 Å². The van der Waals surface area contributed by atoms with E-state index in [1.807, 2.05) is 0 Å². The fourth-order valence-electron chi connectivity index (χ4n) is 0.730. The van der Waals surface area contributed by atoms with Crippen LogP contribution in [-0.4, -0.2) is 18.7 Å². The fourth-order valence-corrected chi connectivity index (χ4v) is 0.730. The van der Waals surface area contributed by atoms with Gasteiger partial charge in [0.2, 0.25) is 0 Å². The summed E-state index contributed by atoms with van der Waals surface area (Å²) in [5, 5.41) is 0. The molecular formula is C5H6BO. The SMILES string of the molecule is [B]=C1CCC(=O)C1. The van der Waals surface area contributed by atoms with Gasteiger partial charge in [0, 0.05) is 0 Å². The Bertz CT molecular complexity index is 103. The third-order valence-electron chi connectivity index (χ3n) is 1.15. The van der Waals surface area contributed by atoms with E-state index in [2.05, 4.69) is 0 Å². The summed E-state index contributed by atoms with van der Waals surface area (Å²) in [6, 6.07) is 0. The Hall–Kier alpha value is -0.395. The van der Waals surface area contributed by atoms with E-state index in [9.17, 15) is 4.79 Å². The second kappa shape index (κ2) is 1.61. The van der Waals surface area contributed by atoms with E-state index in [1.54, 1.807) is 0 Å². The van der Waals surface area contributed by atoms with E-state index < -0.39 is 0 Å². The van der Waals surface area contributed by atoms with Gasteiger partial charge in [-0.3, -0.25) is 0 Å². The minimum atomic E-state index is 0.289. The first-order valence-electron chi connectivity index (χ1n) is 2.41. The van der Waals surface area contributed by atoms with Crippen molar-refractivity contribution in [3.8, 4) is 0 Å². The molecule has 0 heterocycles. The molecule has 35 valence electrons. The van der Waals surface area contributed by atoms with Gasteiger partial charge >= 0.3 is 42.8 Å². The van der Waals surface area contributed by atoms with Crippen LogP contribution < -0.4 is 0 Å². The first kappa shape index (κ1) is 4.76. The first-order chi connectivity index (χ1) is 3.29. The molecule has 0 aromatic carbocycles. The molecule has 1 aliphatic carbocycles. The molecule has 0 aromatic heterocycles. The van der Waals surface area contributed by atoms with Crippen LogP contribution in [0.5, 0.6) is 0 Å². The molecule has 7 heavy (non-hydrogen) atoms. The van der Waals surface area contributed by atoms with Gasteiger partial charge in [-0.25, -0.2) is 0 Å². The summed E-state index contributed by atoms with van der Waals surface area (Å²) in [5.41, 5.74) is 0.852. The Morgan fingerprint density at radius 1 is 1.43 bits per heavy atom. The van der Waals surface area contributed by atoms with E-state index in [0.717, 1.165) is 11.9 Å². The molecular weight excluding hydrogens is 86.9 g/mol. The van der Waals surface area contributed by atoms with Crippen LogP contribution in [-0.2, 0) is 4.79 Å². The van der Waals surface area contributed by atoms with Gasteiger partial charge in [0.1, 0.15) is 0 Å². The van der Waals surface area contributed by atoms with Gasteiger partial charge in [0.15, 0.2) is 0 Å². The van der Waals surface area contributed by atoms with Gasteiger partial charge in [-0.1, -0.05) is 0 Å². The van der Waals surface area contributed by atoms with Crippen LogP contribution in [0.25, 0.3) is 0 Å². The third-order valence-corrected chi connectivity index (χ3v) is 1.15. The van der Waals surface area contributed by atoms with Crippen molar-refractivity contribution in [2.75, 3.05) is 0 Å². The van der Waals surface area contributed by atoms with Crippen molar-refractivity contribution < 1.29 is 4.79 Å². The zero-order chi connectivity index (χ0) is 5.28. The third kappa shape index (κ3) is 0.984. The Balaban J connectivity index is 2.55. The Morgan fingerprint density at radius 3 is 2.29 bits per heavy atom. The quantitative estimate of drug-likeness (QED) is 0.387. The molecule has 0 aliphatic heterocycles. The zero-order valence-corrected chi connectivity index (χ0v) is 4.11. The van der Waals surface area contributed by atoms with Crippen LogP contribution in [0.3, 0.4) is 0 Å². The van der Waals surface area contributed by atoms with E-state index in [-0.39, 0.29) is 5.78 Å². The molecule has 1 aliphatic rings. The Morgan fingerprint density at radius 2 is 2.14 bits per heavy atom. The standard InChI is InChI=1S/C5H6BO/c6-4-1-2-5(7)3-4/h1-3H2. The van der Waals surface area contributed by atoms with Crippen molar-refractivity contribution in [2.24, 2.45) is 0 Å². The van der Waals surface area contributed by atoms with Crippen LogP contribution >= 0.6 is 0 Å². The molecule has 0 amide bonds. The predicted molar refractivity (Wildman–Crippen MR) is 29.6 cm³/mol. The average molecular weight is 92.9 g/mol. The second-order valence-electron chi connectivity index (χ2n) is 1.87. The number of rotatable bonds is 0. The van der Waals surface area contributed by atoms with E-state index >= 15 is 0 Å². The number of hydrogen-bond acceptors (Lipinski definition) is 1. The van der Waals surface area contributed by atoms with Crippen LogP contribution in [0, 0.1) is 0 Å². The van der Waals surface area contributed by atoms with Crippen LogP contribution in [0.2, 0.25) is 0 Å². The molecule has 0 N–H and O–H groups in total. The monoisotopic (exact) mass is 93.1 g/mol. The van der Waals surface area contributed by atoms with Crippen LogP contribution in [0.4, 0.5) is 0 Å². The molecule has 1 rings (SSSR count). The van der Waals surface area contributed by atoms with Crippen molar-refractivity contribution in [1.29, 1.82) is 0 Å². The fraction of sp³-hybridized carbons (Fsp3) is 0.600. The number of ketones is 1. The number of Topliss-reactive ketones (excluding diaryl/α,β-unsaturated/α-hetero) is 1. The summed E-state index contributed by atoms with van der Waals surface area (Å²) in [4.78, 5) is 10.4. The summed E-state index contributed by atoms with van der Waals surface area (Å²) in [7, 11) is 5.32. The maximum absolute atomic E-state index is 10.4. The molecule has 0 bridgehead atoms. The predicted octanol–water partition coefficient (Wildman–Crippen LogP) is 0.0803. The van der Waals surface area contributed by atoms with Crippen molar-refractivity contribution in [3.05, 3.63) is 0 Å². The maximum atomic E-state index is 10.4. The molecule has 0 atom stereocenters. The van der Waals surface area contributed by atoms with Crippen molar-refractivity contribution in [3.63, 3.8) is 0 Å². The molecule has 0 unspecified atom stereocenters. The van der Waals surface area contributed by atoms with Gasteiger partial charge in [-0.15, -0.1) is 0 Å². The normalized spacial score (nSPS) is 21.0. The molecule has 1 nitrogen and oxygen atoms in total. The first-order valence-corrected chi connectivity index (χ1v) is 2.41. The van der Waals surface area contributed by atoms with Gasteiger partial charge in [0.05, 0.1) is 0 Å². The summed E-state index contributed by atoms with van der Waals surface area (Å²) < 4.78 is 0. The summed E-state index contributed by atoms with van der Waals surface area (Å²) in [5.74, 6) is 0.289. The summed E-state index contributed by atoms with van der Waals surface area (Å²) in [6.45, 7) is 0. The molecule has 1 radical (unpaired) electrons. The van der Waals surface area contributed by atoms with Crippen molar-refractivity contribution >= 4 is 18.7 Å². The number of carbonyl (C=O) groups is 1. The number of hydrogen-bond donors (Lipinski definition) is 0. The van der Waals surface area contributed by atoms with Gasteiger partial charge in [-0.2, -0.15) is 0 Å². The van der Waals surface area contributed by atoms with E-state index in [0.29, 0.717) is 12.8 Å². The summed E-state index contributed by atoms with van der Waals surface area (Å²) >= 11 is 0. The minimum absolute atomic E-state index is 0.289. The van der Waals surface area contributed by atoms with Gasteiger partial charge < -0.3 is 0 Å². The molecule has 0 saturated heterocycles. The van der Waals surface area contributed by atoms with Gasteiger partial charge in [-0.05, 0) is 0 Å². The molecule has 2 heteroatoms. The van der Waals surface area contributed by atoms with Crippen LogP contribution in [0.1, 0.15) is 19.3 Å². The Kier molecular flexibility index (Phi) is 1.09. The zero-order valence-electron chi connectivity index (χ0n) is 4.11. The van der Waals surface area contributed by atoms with Crippen molar-refractivity contribution in [1.82, 2.24) is 0 Å². The number of carbonyl (C=O) groups excluding carboxylic acids is 1. The summed E-state index contributed by atoms with van der Waals surface area (Å²) in [6.07, 6.45) is 2.02. The molecule has 1 saturated carbocycles. The molecule has 0 aromatic rings. The molecule has 1 fully saturated rings. The van der Waals surface area contributed by atoms with Gasteiger partial charge in [0.25, 0.3) is 0 Å². The topological polar surface area (TPSA) is 17.1 Å². The van der Waals surface area contributed by atoms with E-state index in [4.69, 9.17) is 7.49 Å². The van der Waals surface area contributed by atoms with Crippen LogP contribution in [0.15, 0.2) is 0 Å².